The Hall–Kier alpha value is -2.23. The second-order valence-corrected chi connectivity index (χ2v) is 3.84. The van der Waals surface area contributed by atoms with Crippen molar-refractivity contribution in [2.24, 2.45) is 5.16 Å². The molecule has 0 aliphatic rings. The molecular weight excluding hydrogens is 236 g/mol. The molecule has 0 radical (unpaired) electrons. The highest BCUT2D eigenvalue weighted by Gasteiger charge is 2.00. The standard InChI is InChI=1S/C14H11F2NO/c1-10-2-4-11(5-3-10)9-17-18-14-7-12(15)6-13(16)8-14/h2-9H,1H3/b17-9+. The summed E-state index contributed by atoms with van der Waals surface area (Å²) in [5.41, 5.74) is 1.98. The molecule has 0 amide bonds. The van der Waals surface area contributed by atoms with Gasteiger partial charge in [0.2, 0.25) is 0 Å². The molecule has 0 bridgehead atoms. The third-order valence-electron chi connectivity index (χ3n) is 2.27. The summed E-state index contributed by atoms with van der Waals surface area (Å²) in [6.07, 6.45) is 1.47. The molecule has 2 nitrogen and oxygen atoms in total. The van der Waals surface area contributed by atoms with Crippen LogP contribution in [0.5, 0.6) is 5.75 Å². The Kier molecular flexibility index (Phi) is 3.67. The summed E-state index contributed by atoms with van der Waals surface area (Å²) in [5, 5.41) is 3.67. The van der Waals surface area contributed by atoms with Gasteiger partial charge in [0.1, 0.15) is 11.6 Å². The lowest BCUT2D eigenvalue weighted by Gasteiger charge is -1.99. The second kappa shape index (κ2) is 5.40. The van der Waals surface area contributed by atoms with E-state index in [1.165, 1.54) is 6.21 Å². The highest BCUT2D eigenvalue weighted by molar-refractivity contribution is 5.79. The Morgan fingerprint density at radius 1 is 1.00 bits per heavy atom. The van der Waals surface area contributed by atoms with Gasteiger partial charge >= 0.3 is 0 Å². The summed E-state index contributed by atoms with van der Waals surface area (Å²) in [6.45, 7) is 1.98. The first-order valence-electron chi connectivity index (χ1n) is 5.36. The first kappa shape index (κ1) is 12.2. The number of nitrogens with zero attached hydrogens (tertiary/aromatic N) is 1. The van der Waals surface area contributed by atoms with E-state index in [9.17, 15) is 8.78 Å². The van der Waals surface area contributed by atoms with Crippen molar-refractivity contribution in [2.75, 3.05) is 0 Å². The molecule has 0 saturated heterocycles. The van der Waals surface area contributed by atoms with Crippen molar-refractivity contribution in [1.29, 1.82) is 0 Å². The third kappa shape index (κ3) is 3.38. The lowest BCUT2D eigenvalue weighted by molar-refractivity contribution is 0.339. The Morgan fingerprint density at radius 2 is 1.61 bits per heavy atom. The number of benzene rings is 2. The van der Waals surface area contributed by atoms with Crippen LogP contribution >= 0.6 is 0 Å². The summed E-state index contributed by atoms with van der Waals surface area (Å²) in [7, 11) is 0. The van der Waals surface area contributed by atoms with E-state index in [4.69, 9.17) is 4.84 Å². The van der Waals surface area contributed by atoms with Gasteiger partial charge in [-0.25, -0.2) is 8.78 Å². The molecule has 4 heteroatoms. The Morgan fingerprint density at radius 3 is 2.22 bits per heavy atom. The highest BCUT2D eigenvalue weighted by Crippen LogP contribution is 2.15. The molecule has 92 valence electrons. The predicted octanol–water partition coefficient (Wildman–Crippen LogP) is 3.69. The minimum absolute atomic E-state index is 0.0239. The van der Waals surface area contributed by atoms with Crippen LogP contribution < -0.4 is 4.84 Å². The van der Waals surface area contributed by atoms with E-state index in [1.807, 2.05) is 31.2 Å². The summed E-state index contributed by atoms with van der Waals surface area (Å²) >= 11 is 0. The monoisotopic (exact) mass is 247 g/mol. The number of hydrogen-bond donors (Lipinski definition) is 0. The zero-order valence-corrected chi connectivity index (χ0v) is 9.73. The molecule has 0 aliphatic heterocycles. The van der Waals surface area contributed by atoms with Gasteiger partial charge in [0.15, 0.2) is 5.75 Å². The predicted molar refractivity (Wildman–Crippen MR) is 65.8 cm³/mol. The van der Waals surface area contributed by atoms with Crippen LogP contribution in [0, 0.1) is 18.6 Å². The number of aryl methyl sites for hydroxylation is 1. The van der Waals surface area contributed by atoms with Crippen LogP contribution in [0.2, 0.25) is 0 Å². The van der Waals surface area contributed by atoms with Gasteiger partial charge in [0.25, 0.3) is 0 Å². The fraction of sp³-hybridized carbons (Fsp3) is 0.0714. The average Bonchev–Trinajstić information content (AvgIpc) is 2.30. The third-order valence-corrected chi connectivity index (χ3v) is 2.27. The number of rotatable bonds is 3. The van der Waals surface area contributed by atoms with Crippen molar-refractivity contribution in [3.63, 3.8) is 0 Å². The van der Waals surface area contributed by atoms with Gasteiger partial charge in [-0.3, -0.25) is 0 Å². The molecule has 0 heterocycles. The van der Waals surface area contributed by atoms with Crippen molar-refractivity contribution in [1.82, 2.24) is 0 Å². The molecule has 0 N–H and O–H groups in total. The number of halogens is 2. The normalized spacial score (nSPS) is 10.8. The van der Waals surface area contributed by atoms with E-state index in [0.29, 0.717) is 0 Å². The molecule has 18 heavy (non-hydrogen) atoms. The summed E-state index contributed by atoms with van der Waals surface area (Å²) in [5.74, 6) is -1.37. The lowest BCUT2D eigenvalue weighted by Crippen LogP contribution is -1.89. The SMILES string of the molecule is Cc1ccc(/C=N/Oc2cc(F)cc(F)c2)cc1. The molecule has 0 aromatic heterocycles. The molecule has 0 fully saturated rings. The fourth-order valence-electron chi connectivity index (χ4n) is 1.38. The Bertz CT molecular complexity index is 544. The minimum atomic E-state index is -0.699. The first-order valence-corrected chi connectivity index (χ1v) is 5.36. The van der Waals surface area contributed by atoms with Crippen LogP contribution in [0.25, 0.3) is 0 Å². The van der Waals surface area contributed by atoms with Gasteiger partial charge < -0.3 is 4.84 Å². The van der Waals surface area contributed by atoms with Crippen molar-refractivity contribution < 1.29 is 13.6 Å². The van der Waals surface area contributed by atoms with E-state index < -0.39 is 11.6 Å². The summed E-state index contributed by atoms with van der Waals surface area (Å²) in [6, 6.07) is 10.5. The molecular formula is C14H11F2NO. The van der Waals surface area contributed by atoms with Crippen LogP contribution in [-0.2, 0) is 0 Å². The summed E-state index contributed by atoms with van der Waals surface area (Å²) in [4.78, 5) is 4.89. The fourth-order valence-corrected chi connectivity index (χ4v) is 1.38. The van der Waals surface area contributed by atoms with E-state index in [-0.39, 0.29) is 5.75 Å². The average molecular weight is 247 g/mol. The number of hydrogen-bond acceptors (Lipinski definition) is 2. The van der Waals surface area contributed by atoms with Crippen LogP contribution in [0.4, 0.5) is 8.78 Å². The molecule has 0 saturated carbocycles. The van der Waals surface area contributed by atoms with Crippen LogP contribution in [-0.4, -0.2) is 6.21 Å². The maximum Gasteiger partial charge on any atom is 0.163 e. The molecule has 0 aliphatic carbocycles. The molecule has 2 aromatic rings. The van der Waals surface area contributed by atoms with Crippen molar-refractivity contribution in [2.45, 2.75) is 6.92 Å². The zero-order chi connectivity index (χ0) is 13.0. The smallest absolute Gasteiger partial charge is 0.163 e. The van der Waals surface area contributed by atoms with Gasteiger partial charge in [0, 0.05) is 18.2 Å². The van der Waals surface area contributed by atoms with Crippen molar-refractivity contribution in [3.8, 4) is 5.75 Å². The maximum atomic E-state index is 12.9. The van der Waals surface area contributed by atoms with Crippen LogP contribution in [0.1, 0.15) is 11.1 Å². The van der Waals surface area contributed by atoms with Gasteiger partial charge in [0.05, 0.1) is 6.21 Å². The van der Waals surface area contributed by atoms with Crippen molar-refractivity contribution >= 4 is 6.21 Å². The van der Waals surface area contributed by atoms with Gasteiger partial charge in [-0.05, 0) is 12.5 Å². The van der Waals surface area contributed by atoms with Gasteiger partial charge in [-0.2, -0.15) is 0 Å². The molecule has 0 atom stereocenters. The highest BCUT2D eigenvalue weighted by atomic mass is 19.1. The first-order chi connectivity index (χ1) is 8.63. The van der Waals surface area contributed by atoms with Gasteiger partial charge in [-0.1, -0.05) is 35.0 Å². The van der Waals surface area contributed by atoms with Crippen LogP contribution in [0.3, 0.4) is 0 Å². The molecule has 0 spiro atoms. The molecule has 2 aromatic carbocycles. The molecule has 2 rings (SSSR count). The number of oxime groups is 1. The Labute approximate surface area is 104 Å². The second-order valence-electron chi connectivity index (χ2n) is 3.84. The summed E-state index contributed by atoms with van der Waals surface area (Å²) < 4.78 is 25.7. The van der Waals surface area contributed by atoms with Crippen LogP contribution in [0.15, 0.2) is 47.6 Å². The van der Waals surface area contributed by atoms with Gasteiger partial charge in [-0.15, -0.1) is 0 Å². The Balaban J connectivity index is 2.04. The maximum absolute atomic E-state index is 12.9. The largest absolute Gasteiger partial charge is 0.357 e. The topological polar surface area (TPSA) is 21.6 Å². The van der Waals surface area contributed by atoms with E-state index >= 15 is 0 Å². The zero-order valence-electron chi connectivity index (χ0n) is 9.73. The van der Waals surface area contributed by atoms with Crippen molar-refractivity contribution in [3.05, 3.63) is 65.2 Å². The van der Waals surface area contributed by atoms with E-state index in [2.05, 4.69) is 5.16 Å². The minimum Gasteiger partial charge on any atom is -0.357 e. The lowest BCUT2D eigenvalue weighted by atomic mass is 10.2. The van der Waals surface area contributed by atoms with E-state index in [0.717, 1.165) is 29.3 Å². The molecule has 0 unspecified atom stereocenters. The quantitative estimate of drug-likeness (QED) is 0.598. The van der Waals surface area contributed by atoms with E-state index in [1.54, 1.807) is 0 Å².